The fourth-order valence-corrected chi connectivity index (χ4v) is 1.85. The van der Waals surface area contributed by atoms with Gasteiger partial charge in [-0.25, -0.2) is 0 Å². The predicted molar refractivity (Wildman–Crippen MR) is 84.4 cm³/mol. The van der Waals surface area contributed by atoms with Crippen molar-refractivity contribution in [2.24, 2.45) is 5.73 Å². The molecule has 0 aromatic heterocycles. The lowest BCUT2D eigenvalue weighted by atomic mass is 10.1. The third kappa shape index (κ3) is 6.14. The van der Waals surface area contributed by atoms with Crippen molar-refractivity contribution in [2.45, 2.75) is 26.8 Å². The van der Waals surface area contributed by atoms with E-state index in [0.717, 1.165) is 12.0 Å². The topological polar surface area (TPSA) is 72.6 Å². The Labute approximate surface area is 131 Å². The first-order valence-electron chi connectivity index (χ1n) is 6.86. The normalized spacial score (nSPS) is 9.67. The summed E-state index contributed by atoms with van der Waals surface area (Å²) in [6, 6.07) is 7.11. The van der Waals surface area contributed by atoms with Crippen LogP contribution in [-0.4, -0.2) is 36.5 Å². The molecule has 0 atom stereocenters. The van der Waals surface area contributed by atoms with E-state index in [1.165, 1.54) is 4.90 Å². The van der Waals surface area contributed by atoms with Gasteiger partial charge in [0, 0.05) is 18.7 Å². The standard InChI is InChI=1S/C15H22N2O3.ClH/c1-3-9-17(11-14(18)20-4-2)15(19)13-7-5-12(10-16)6-8-13;/h5-8H,3-4,9-11,16H2,1-2H3;1H. The molecule has 6 heteroatoms. The molecule has 1 aromatic carbocycles. The zero-order chi connectivity index (χ0) is 15.0. The predicted octanol–water partition coefficient (Wildman–Crippen LogP) is 1.98. The highest BCUT2D eigenvalue weighted by atomic mass is 35.5. The molecule has 1 rings (SSSR count). The Morgan fingerprint density at radius 2 is 1.81 bits per heavy atom. The number of benzene rings is 1. The first kappa shape index (κ1) is 19.4. The summed E-state index contributed by atoms with van der Waals surface area (Å²) in [5, 5.41) is 0. The van der Waals surface area contributed by atoms with Crippen molar-refractivity contribution >= 4 is 24.3 Å². The van der Waals surface area contributed by atoms with Crippen molar-refractivity contribution < 1.29 is 14.3 Å². The minimum atomic E-state index is -0.382. The van der Waals surface area contributed by atoms with E-state index in [-0.39, 0.29) is 30.8 Å². The van der Waals surface area contributed by atoms with Gasteiger partial charge < -0.3 is 15.4 Å². The molecule has 2 N–H and O–H groups in total. The Morgan fingerprint density at radius 3 is 2.29 bits per heavy atom. The summed E-state index contributed by atoms with van der Waals surface area (Å²) in [5.41, 5.74) is 7.05. The number of carbonyl (C=O) groups excluding carboxylic acids is 2. The van der Waals surface area contributed by atoms with Crippen LogP contribution in [0.2, 0.25) is 0 Å². The Morgan fingerprint density at radius 1 is 1.19 bits per heavy atom. The minimum Gasteiger partial charge on any atom is -0.465 e. The zero-order valence-electron chi connectivity index (χ0n) is 12.5. The molecule has 1 amide bonds. The van der Waals surface area contributed by atoms with Crippen LogP contribution in [0.3, 0.4) is 0 Å². The van der Waals surface area contributed by atoms with Crippen molar-refractivity contribution in [3.8, 4) is 0 Å². The van der Waals surface area contributed by atoms with Gasteiger partial charge in [-0.05, 0) is 31.0 Å². The van der Waals surface area contributed by atoms with E-state index in [9.17, 15) is 9.59 Å². The van der Waals surface area contributed by atoms with Gasteiger partial charge in [0.25, 0.3) is 5.91 Å². The average Bonchev–Trinajstić information content (AvgIpc) is 2.46. The Bertz CT molecular complexity index is 449. The minimum absolute atomic E-state index is 0. The molecule has 0 saturated carbocycles. The number of ether oxygens (including phenoxy) is 1. The van der Waals surface area contributed by atoms with E-state index in [1.807, 2.05) is 19.1 Å². The fraction of sp³-hybridized carbons (Fsp3) is 0.467. The zero-order valence-corrected chi connectivity index (χ0v) is 13.3. The van der Waals surface area contributed by atoms with Gasteiger partial charge in [0.05, 0.1) is 6.61 Å². The smallest absolute Gasteiger partial charge is 0.325 e. The molecule has 0 aliphatic carbocycles. The van der Waals surface area contributed by atoms with Gasteiger partial charge in [0.1, 0.15) is 6.54 Å². The molecule has 0 fully saturated rings. The number of hydrogen-bond acceptors (Lipinski definition) is 4. The number of halogens is 1. The molecule has 0 saturated heterocycles. The van der Waals surface area contributed by atoms with Gasteiger partial charge in [0.15, 0.2) is 0 Å². The molecule has 0 spiro atoms. The van der Waals surface area contributed by atoms with Crippen LogP contribution >= 0.6 is 12.4 Å². The largest absolute Gasteiger partial charge is 0.465 e. The van der Waals surface area contributed by atoms with Crippen molar-refractivity contribution in [1.29, 1.82) is 0 Å². The third-order valence-corrected chi connectivity index (χ3v) is 2.84. The molecule has 1 aromatic rings. The number of rotatable bonds is 7. The Hall–Kier alpha value is -1.59. The number of carbonyl (C=O) groups is 2. The van der Waals surface area contributed by atoms with E-state index in [1.54, 1.807) is 19.1 Å². The van der Waals surface area contributed by atoms with Crippen LogP contribution in [0.15, 0.2) is 24.3 Å². The highest BCUT2D eigenvalue weighted by Crippen LogP contribution is 2.08. The number of amides is 1. The number of nitrogens with zero attached hydrogens (tertiary/aromatic N) is 1. The first-order chi connectivity index (χ1) is 9.62. The quantitative estimate of drug-likeness (QED) is 0.781. The summed E-state index contributed by atoms with van der Waals surface area (Å²) < 4.78 is 4.89. The average molecular weight is 315 g/mol. The van der Waals surface area contributed by atoms with Crippen molar-refractivity contribution in [2.75, 3.05) is 19.7 Å². The van der Waals surface area contributed by atoms with Crippen molar-refractivity contribution in [3.63, 3.8) is 0 Å². The lowest BCUT2D eigenvalue weighted by Crippen LogP contribution is -2.37. The maximum Gasteiger partial charge on any atom is 0.325 e. The SMILES string of the molecule is CCCN(CC(=O)OCC)C(=O)c1ccc(CN)cc1.Cl. The van der Waals surface area contributed by atoms with Crippen LogP contribution in [0.5, 0.6) is 0 Å². The number of esters is 1. The lowest BCUT2D eigenvalue weighted by molar-refractivity contribution is -0.143. The molecule has 21 heavy (non-hydrogen) atoms. The summed E-state index contributed by atoms with van der Waals surface area (Å²) in [6.07, 6.45) is 0.784. The second-order valence-corrected chi connectivity index (χ2v) is 4.43. The van der Waals surface area contributed by atoms with E-state index >= 15 is 0 Å². The molecular formula is C15H23ClN2O3. The highest BCUT2D eigenvalue weighted by Gasteiger charge is 2.18. The van der Waals surface area contributed by atoms with Gasteiger partial charge in [-0.1, -0.05) is 19.1 Å². The molecule has 118 valence electrons. The molecule has 5 nitrogen and oxygen atoms in total. The molecule has 0 aliphatic rings. The Kier molecular flexibility index (Phi) is 9.41. The summed E-state index contributed by atoms with van der Waals surface area (Å²) in [5.74, 6) is -0.545. The van der Waals surface area contributed by atoms with Crippen LogP contribution in [0, 0.1) is 0 Å². The summed E-state index contributed by atoms with van der Waals surface area (Å²) in [7, 11) is 0. The number of hydrogen-bond donors (Lipinski definition) is 1. The lowest BCUT2D eigenvalue weighted by Gasteiger charge is -2.21. The van der Waals surface area contributed by atoms with Gasteiger partial charge in [0.2, 0.25) is 0 Å². The second kappa shape index (κ2) is 10.2. The van der Waals surface area contributed by atoms with E-state index < -0.39 is 0 Å². The highest BCUT2D eigenvalue weighted by molar-refractivity contribution is 5.96. The van der Waals surface area contributed by atoms with Crippen LogP contribution in [-0.2, 0) is 16.1 Å². The van der Waals surface area contributed by atoms with Gasteiger partial charge >= 0.3 is 5.97 Å². The molecular weight excluding hydrogens is 292 g/mol. The maximum absolute atomic E-state index is 12.4. The van der Waals surface area contributed by atoms with Gasteiger partial charge in [-0.2, -0.15) is 0 Å². The molecule has 0 aliphatic heterocycles. The fourth-order valence-electron chi connectivity index (χ4n) is 1.85. The van der Waals surface area contributed by atoms with Crippen molar-refractivity contribution in [1.82, 2.24) is 4.90 Å². The van der Waals surface area contributed by atoms with Crippen LogP contribution in [0.1, 0.15) is 36.2 Å². The van der Waals surface area contributed by atoms with E-state index in [2.05, 4.69) is 0 Å². The summed E-state index contributed by atoms with van der Waals surface area (Å²) in [6.45, 7) is 4.97. The van der Waals surface area contributed by atoms with Gasteiger partial charge in [-0.15, -0.1) is 12.4 Å². The summed E-state index contributed by atoms with van der Waals surface area (Å²) in [4.78, 5) is 25.4. The van der Waals surface area contributed by atoms with Crippen molar-refractivity contribution in [3.05, 3.63) is 35.4 Å². The first-order valence-corrected chi connectivity index (χ1v) is 6.86. The molecule has 0 radical (unpaired) electrons. The van der Waals surface area contributed by atoms with E-state index in [0.29, 0.717) is 25.3 Å². The Balaban J connectivity index is 0.00000400. The number of nitrogens with two attached hydrogens (primary N) is 1. The van der Waals surface area contributed by atoms with E-state index in [4.69, 9.17) is 10.5 Å². The second-order valence-electron chi connectivity index (χ2n) is 4.43. The molecule has 0 heterocycles. The molecule has 0 bridgehead atoms. The molecule has 0 unspecified atom stereocenters. The van der Waals surface area contributed by atoms with Crippen LogP contribution in [0.25, 0.3) is 0 Å². The van der Waals surface area contributed by atoms with Crippen LogP contribution < -0.4 is 5.73 Å². The van der Waals surface area contributed by atoms with Crippen LogP contribution in [0.4, 0.5) is 0 Å². The monoisotopic (exact) mass is 314 g/mol. The van der Waals surface area contributed by atoms with Gasteiger partial charge in [-0.3, -0.25) is 9.59 Å². The maximum atomic E-state index is 12.4. The third-order valence-electron chi connectivity index (χ3n) is 2.84. The summed E-state index contributed by atoms with van der Waals surface area (Å²) >= 11 is 0.